The van der Waals surface area contributed by atoms with Gasteiger partial charge in [0.05, 0.1) is 12.0 Å². The van der Waals surface area contributed by atoms with Crippen LogP contribution in [0.4, 0.5) is 0 Å². The normalized spacial score (nSPS) is 42.6. The molecule has 18 heavy (non-hydrogen) atoms. The van der Waals surface area contributed by atoms with E-state index < -0.39 is 5.97 Å². The third-order valence-electron chi connectivity index (χ3n) is 5.07. The van der Waals surface area contributed by atoms with Crippen LogP contribution >= 0.6 is 0 Å². The third kappa shape index (κ3) is 2.28. The molecule has 4 heteroatoms. The zero-order valence-corrected chi connectivity index (χ0v) is 10.8. The largest absolute Gasteiger partial charge is 0.481 e. The van der Waals surface area contributed by atoms with E-state index in [0.29, 0.717) is 17.9 Å². The van der Waals surface area contributed by atoms with Crippen LogP contribution in [0, 0.1) is 17.8 Å². The lowest BCUT2D eigenvalue weighted by molar-refractivity contribution is -0.144. The topological polar surface area (TPSA) is 58.6 Å². The highest BCUT2D eigenvalue weighted by atomic mass is 16.5. The van der Waals surface area contributed by atoms with Crippen LogP contribution in [0.15, 0.2) is 0 Å². The molecule has 2 aliphatic carbocycles. The van der Waals surface area contributed by atoms with Gasteiger partial charge in [0, 0.05) is 12.6 Å². The van der Waals surface area contributed by atoms with E-state index in [2.05, 4.69) is 5.32 Å². The average molecular weight is 253 g/mol. The number of carboxylic acid groups (broad SMARTS) is 1. The summed E-state index contributed by atoms with van der Waals surface area (Å²) in [7, 11) is 0. The van der Waals surface area contributed by atoms with Crippen molar-refractivity contribution in [3.05, 3.63) is 0 Å². The quantitative estimate of drug-likeness (QED) is 0.782. The molecule has 2 N–H and O–H groups in total. The number of aliphatic carboxylic acids is 1. The molecular weight excluding hydrogens is 230 g/mol. The van der Waals surface area contributed by atoms with Gasteiger partial charge in [-0.25, -0.2) is 0 Å². The molecule has 4 nitrogen and oxygen atoms in total. The minimum absolute atomic E-state index is 0.145. The van der Waals surface area contributed by atoms with Gasteiger partial charge in [0.1, 0.15) is 0 Å². The van der Waals surface area contributed by atoms with Crippen LogP contribution < -0.4 is 5.32 Å². The van der Waals surface area contributed by atoms with Crippen LogP contribution in [-0.2, 0) is 9.53 Å². The van der Waals surface area contributed by atoms with Crippen molar-refractivity contribution < 1.29 is 14.6 Å². The predicted molar refractivity (Wildman–Crippen MR) is 67.3 cm³/mol. The summed E-state index contributed by atoms with van der Waals surface area (Å²) < 4.78 is 5.60. The summed E-state index contributed by atoms with van der Waals surface area (Å²) in [6, 6.07) is 0.211. The summed E-state index contributed by atoms with van der Waals surface area (Å²) in [5.74, 6) is 0.276. The molecule has 5 atom stereocenters. The molecule has 1 saturated heterocycles. The third-order valence-corrected chi connectivity index (χ3v) is 5.07. The second-order valence-electron chi connectivity index (χ2n) is 6.10. The van der Waals surface area contributed by atoms with Gasteiger partial charge in [-0.2, -0.15) is 0 Å². The molecule has 0 amide bonds. The molecule has 2 bridgehead atoms. The van der Waals surface area contributed by atoms with Crippen molar-refractivity contribution in [1.82, 2.24) is 5.32 Å². The van der Waals surface area contributed by atoms with Crippen LogP contribution in [0.2, 0.25) is 0 Å². The standard InChI is InChI=1S/C14H23NO3/c16-14(17)12-9-3-4-10(8-9)13(12)15-6-5-11-2-1-7-18-11/h9-13,15H,1-8H2,(H,16,17). The van der Waals surface area contributed by atoms with Gasteiger partial charge in [0.25, 0.3) is 0 Å². The maximum atomic E-state index is 11.4. The van der Waals surface area contributed by atoms with Crippen molar-refractivity contribution in [1.29, 1.82) is 0 Å². The van der Waals surface area contributed by atoms with E-state index in [0.717, 1.165) is 32.4 Å². The van der Waals surface area contributed by atoms with Gasteiger partial charge >= 0.3 is 5.97 Å². The predicted octanol–water partition coefficient (Wildman–Crippen LogP) is 1.64. The van der Waals surface area contributed by atoms with E-state index in [1.807, 2.05) is 0 Å². The number of ether oxygens (including phenoxy) is 1. The summed E-state index contributed by atoms with van der Waals surface area (Å²) in [4.78, 5) is 11.4. The van der Waals surface area contributed by atoms with Crippen LogP contribution in [0.3, 0.4) is 0 Å². The number of fused-ring (bicyclic) bond motifs is 2. The molecular formula is C14H23NO3. The van der Waals surface area contributed by atoms with Gasteiger partial charge in [0.2, 0.25) is 0 Å². The Morgan fingerprint density at radius 2 is 2.11 bits per heavy atom. The lowest BCUT2D eigenvalue weighted by Crippen LogP contribution is -2.45. The molecule has 0 aromatic heterocycles. The molecule has 1 aliphatic heterocycles. The van der Waals surface area contributed by atoms with Crippen molar-refractivity contribution in [3.63, 3.8) is 0 Å². The van der Waals surface area contributed by atoms with Crippen LogP contribution in [-0.4, -0.2) is 36.4 Å². The number of rotatable bonds is 5. The summed E-state index contributed by atoms with van der Waals surface area (Å²) in [5, 5.41) is 12.9. The van der Waals surface area contributed by atoms with Crippen molar-refractivity contribution in [2.24, 2.45) is 17.8 Å². The van der Waals surface area contributed by atoms with Gasteiger partial charge in [-0.05, 0) is 56.9 Å². The van der Waals surface area contributed by atoms with Crippen LogP contribution in [0.5, 0.6) is 0 Å². The lowest BCUT2D eigenvalue weighted by Gasteiger charge is -2.29. The van der Waals surface area contributed by atoms with Gasteiger partial charge in [-0.3, -0.25) is 4.79 Å². The number of hydrogen-bond donors (Lipinski definition) is 2. The van der Waals surface area contributed by atoms with Gasteiger partial charge in [-0.15, -0.1) is 0 Å². The highest BCUT2D eigenvalue weighted by Crippen LogP contribution is 2.48. The number of hydrogen-bond acceptors (Lipinski definition) is 3. The maximum absolute atomic E-state index is 11.4. The summed E-state index contributed by atoms with van der Waals surface area (Å²) >= 11 is 0. The number of carboxylic acids is 1. The zero-order valence-electron chi connectivity index (χ0n) is 10.8. The molecule has 3 fully saturated rings. The second kappa shape index (κ2) is 5.17. The first-order chi connectivity index (χ1) is 8.75. The fourth-order valence-corrected chi connectivity index (χ4v) is 4.22. The molecule has 0 aromatic carbocycles. The Morgan fingerprint density at radius 3 is 2.83 bits per heavy atom. The minimum Gasteiger partial charge on any atom is -0.481 e. The van der Waals surface area contributed by atoms with E-state index >= 15 is 0 Å². The molecule has 0 aromatic rings. The zero-order chi connectivity index (χ0) is 12.5. The van der Waals surface area contributed by atoms with E-state index in [-0.39, 0.29) is 12.0 Å². The van der Waals surface area contributed by atoms with Gasteiger partial charge < -0.3 is 15.2 Å². The fraction of sp³-hybridized carbons (Fsp3) is 0.929. The van der Waals surface area contributed by atoms with E-state index in [1.165, 1.54) is 19.3 Å². The van der Waals surface area contributed by atoms with E-state index in [1.54, 1.807) is 0 Å². The van der Waals surface area contributed by atoms with Crippen molar-refractivity contribution in [2.75, 3.05) is 13.2 Å². The Bertz CT molecular complexity index is 314. The van der Waals surface area contributed by atoms with Crippen molar-refractivity contribution in [2.45, 2.75) is 50.7 Å². The molecule has 0 radical (unpaired) electrons. The van der Waals surface area contributed by atoms with Gasteiger partial charge in [-0.1, -0.05) is 0 Å². The first-order valence-electron chi connectivity index (χ1n) is 7.33. The molecule has 5 unspecified atom stereocenters. The summed E-state index contributed by atoms with van der Waals surface area (Å²) in [6.07, 6.45) is 7.23. The van der Waals surface area contributed by atoms with Crippen LogP contribution in [0.1, 0.15) is 38.5 Å². The van der Waals surface area contributed by atoms with Crippen LogP contribution in [0.25, 0.3) is 0 Å². The number of nitrogens with one attached hydrogen (secondary N) is 1. The monoisotopic (exact) mass is 253 g/mol. The maximum Gasteiger partial charge on any atom is 0.308 e. The lowest BCUT2D eigenvalue weighted by atomic mass is 9.84. The Morgan fingerprint density at radius 1 is 1.28 bits per heavy atom. The first-order valence-corrected chi connectivity index (χ1v) is 7.33. The van der Waals surface area contributed by atoms with E-state index in [9.17, 15) is 9.90 Å². The Hall–Kier alpha value is -0.610. The molecule has 2 saturated carbocycles. The van der Waals surface area contributed by atoms with Crippen molar-refractivity contribution in [3.8, 4) is 0 Å². The Balaban J connectivity index is 1.50. The average Bonchev–Trinajstić information content (AvgIpc) is 3.04. The summed E-state index contributed by atoms with van der Waals surface area (Å²) in [5.41, 5.74) is 0. The second-order valence-corrected chi connectivity index (χ2v) is 6.10. The van der Waals surface area contributed by atoms with E-state index in [4.69, 9.17) is 4.74 Å². The minimum atomic E-state index is -0.600. The Kier molecular flexibility index (Phi) is 3.57. The summed E-state index contributed by atoms with van der Waals surface area (Å²) in [6.45, 7) is 1.80. The first kappa shape index (κ1) is 12.4. The number of carbonyl (C=O) groups is 1. The molecule has 1 heterocycles. The highest BCUT2D eigenvalue weighted by molar-refractivity contribution is 5.72. The van der Waals surface area contributed by atoms with Gasteiger partial charge in [0.15, 0.2) is 0 Å². The molecule has 3 aliphatic rings. The Labute approximate surface area is 108 Å². The highest BCUT2D eigenvalue weighted by Gasteiger charge is 2.50. The molecule has 3 rings (SSSR count). The van der Waals surface area contributed by atoms with Crippen molar-refractivity contribution >= 4 is 5.97 Å². The SMILES string of the molecule is O=C(O)C1C2CCC(C2)C1NCCC1CCCO1. The fourth-order valence-electron chi connectivity index (χ4n) is 4.22. The molecule has 0 spiro atoms. The smallest absolute Gasteiger partial charge is 0.308 e. The molecule has 102 valence electrons.